The number of hydrogen-bond donors (Lipinski definition) is 2. The number of hydrogen-bond acceptors (Lipinski definition) is 4. The van der Waals surface area contributed by atoms with Crippen molar-refractivity contribution in [3.05, 3.63) is 70.4 Å². The van der Waals surface area contributed by atoms with Crippen molar-refractivity contribution in [1.82, 2.24) is 19.9 Å². The molecule has 0 aliphatic rings. The lowest BCUT2D eigenvalue weighted by molar-refractivity contribution is 0.0939. The number of amides is 1. The van der Waals surface area contributed by atoms with E-state index >= 15 is 0 Å². The highest BCUT2D eigenvalue weighted by atomic mass is 16.5. The van der Waals surface area contributed by atoms with E-state index in [9.17, 15) is 9.59 Å². The van der Waals surface area contributed by atoms with Crippen LogP contribution in [-0.4, -0.2) is 34.1 Å². The van der Waals surface area contributed by atoms with E-state index in [1.54, 1.807) is 38.4 Å². The van der Waals surface area contributed by atoms with Gasteiger partial charge >= 0.3 is 0 Å². The minimum absolute atomic E-state index is 0.101. The number of benzene rings is 2. The largest absolute Gasteiger partial charge is 0.497 e. The van der Waals surface area contributed by atoms with Crippen molar-refractivity contribution >= 4 is 27.7 Å². The first-order valence-corrected chi connectivity index (χ1v) is 8.96. The van der Waals surface area contributed by atoms with E-state index in [0.29, 0.717) is 23.9 Å². The fourth-order valence-electron chi connectivity index (χ4n) is 3.30. The van der Waals surface area contributed by atoms with Gasteiger partial charge < -0.3 is 15.0 Å². The summed E-state index contributed by atoms with van der Waals surface area (Å²) in [6.07, 6.45) is 2.57. The van der Waals surface area contributed by atoms with E-state index in [2.05, 4.69) is 15.3 Å². The van der Waals surface area contributed by atoms with Crippen molar-refractivity contribution in [3.63, 3.8) is 0 Å². The van der Waals surface area contributed by atoms with Crippen molar-refractivity contribution in [3.8, 4) is 5.75 Å². The summed E-state index contributed by atoms with van der Waals surface area (Å²) in [5.41, 5.74) is 2.37. The number of methoxy groups -OCH3 is 1. The Morgan fingerprint density at radius 1 is 1.21 bits per heavy atom. The molecule has 142 valence electrons. The number of nitrogens with one attached hydrogen (secondary N) is 2. The van der Waals surface area contributed by atoms with Gasteiger partial charge in [-0.25, -0.2) is 4.98 Å². The number of carbonyl (C=O) groups excluding carboxylic acids is 1. The lowest BCUT2D eigenvalue weighted by Crippen LogP contribution is -2.33. The molecule has 0 radical (unpaired) electrons. The average molecular weight is 376 g/mol. The second-order valence-corrected chi connectivity index (χ2v) is 6.55. The van der Waals surface area contributed by atoms with Gasteiger partial charge in [0.05, 0.1) is 18.0 Å². The van der Waals surface area contributed by atoms with Crippen LogP contribution in [0.1, 0.15) is 16.2 Å². The summed E-state index contributed by atoms with van der Waals surface area (Å²) in [4.78, 5) is 32.6. The molecule has 2 aromatic heterocycles. The molecule has 0 saturated carbocycles. The fourth-order valence-corrected chi connectivity index (χ4v) is 3.30. The first-order valence-electron chi connectivity index (χ1n) is 8.96. The summed E-state index contributed by atoms with van der Waals surface area (Å²) in [5.74, 6) is 0.514. The minimum Gasteiger partial charge on any atom is -0.497 e. The fraction of sp³-hybridized carbons (Fsp3) is 0.190. The van der Waals surface area contributed by atoms with Crippen molar-refractivity contribution in [1.29, 1.82) is 0 Å². The molecule has 7 heteroatoms. The summed E-state index contributed by atoms with van der Waals surface area (Å²) in [6, 6.07) is 12.8. The summed E-state index contributed by atoms with van der Waals surface area (Å²) in [5, 5.41) is 4.41. The van der Waals surface area contributed by atoms with Gasteiger partial charge in [0.15, 0.2) is 0 Å². The van der Waals surface area contributed by atoms with Crippen LogP contribution >= 0.6 is 0 Å². The number of para-hydroxylation sites is 1. The molecule has 0 aliphatic carbocycles. The highest BCUT2D eigenvalue weighted by Crippen LogP contribution is 2.23. The molecule has 4 rings (SSSR count). The summed E-state index contributed by atoms with van der Waals surface area (Å²) in [6.45, 7) is 0.422. The normalized spacial score (nSPS) is 11.1. The Morgan fingerprint density at radius 2 is 2.04 bits per heavy atom. The molecule has 2 aromatic carbocycles. The Bertz CT molecular complexity index is 1240. The number of carbonyl (C=O) groups is 1. The lowest BCUT2D eigenvalue weighted by atomic mass is 10.1. The summed E-state index contributed by atoms with van der Waals surface area (Å²) >= 11 is 0. The molecule has 0 atom stereocenters. The van der Waals surface area contributed by atoms with Gasteiger partial charge in [0.2, 0.25) is 5.82 Å². The second kappa shape index (κ2) is 7.19. The maximum atomic E-state index is 12.6. The highest BCUT2D eigenvalue weighted by molar-refractivity contribution is 5.93. The molecule has 0 spiro atoms. The van der Waals surface area contributed by atoms with E-state index in [4.69, 9.17) is 4.74 Å². The molecule has 0 aliphatic heterocycles. The Morgan fingerprint density at radius 3 is 2.86 bits per heavy atom. The Labute approximate surface area is 161 Å². The molecule has 0 saturated heterocycles. The molecule has 4 aromatic rings. The third-order valence-corrected chi connectivity index (χ3v) is 4.84. The zero-order valence-electron chi connectivity index (χ0n) is 15.7. The van der Waals surface area contributed by atoms with Gasteiger partial charge in [0.1, 0.15) is 5.75 Å². The molecule has 0 fully saturated rings. The van der Waals surface area contributed by atoms with Crippen LogP contribution in [0.5, 0.6) is 5.75 Å². The molecular weight excluding hydrogens is 356 g/mol. The number of aromatic nitrogens is 3. The third kappa shape index (κ3) is 3.11. The van der Waals surface area contributed by atoms with Crippen LogP contribution in [0.3, 0.4) is 0 Å². The standard InChI is InChI=1S/C21H20N4O3/c1-25-19(24-18-6-4-3-5-15(18)21(25)27)20(26)22-10-9-13-12-23-17-8-7-14(28-2)11-16(13)17/h3-8,11-12,23H,9-10H2,1-2H3,(H,22,26). The van der Waals surface area contributed by atoms with Crippen LogP contribution < -0.4 is 15.6 Å². The van der Waals surface area contributed by atoms with E-state index in [1.165, 1.54) is 4.57 Å². The molecule has 0 bridgehead atoms. The number of ether oxygens (including phenoxy) is 1. The quantitative estimate of drug-likeness (QED) is 0.560. The van der Waals surface area contributed by atoms with Crippen LogP contribution in [0.2, 0.25) is 0 Å². The SMILES string of the molecule is COc1ccc2[nH]cc(CCNC(=O)c3nc4ccccc4c(=O)n3C)c2c1. The smallest absolute Gasteiger partial charge is 0.287 e. The Hall–Kier alpha value is -3.61. The average Bonchev–Trinajstić information content (AvgIpc) is 3.12. The van der Waals surface area contributed by atoms with Gasteiger partial charge in [0.25, 0.3) is 11.5 Å². The predicted octanol–water partition coefficient (Wildman–Crippen LogP) is 2.40. The van der Waals surface area contributed by atoms with Gasteiger partial charge in [-0.3, -0.25) is 14.2 Å². The van der Waals surface area contributed by atoms with Crippen LogP contribution in [0.15, 0.2) is 53.5 Å². The Balaban J connectivity index is 1.52. The van der Waals surface area contributed by atoms with Crippen molar-refractivity contribution in [2.45, 2.75) is 6.42 Å². The van der Waals surface area contributed by atoms with Crippen LogP contribution in [-0.2, 0) is 13.5 Å². The maximum Gasteiger partial charge on any atom is 0.287 e. The molecule has 28 heavy (non-hydrogen) atoms. The predicted molar refractivity (Wildman–Crippen MR) is 108 cm³/mol. The topological polar surface area (TPSA) is 89.0 Å². The second-order valence-electron chi connectivity index (χ2n) is 6.55. The highest BCUT2D eigenvalue weighted by Gasteiger charge is 2.15. The first-order chi connectivity index (χ1) is 13.6. The van der Waals surface area contributed by atoms with Gasteiger partial charge in [-0.15, -0.1) is 0 Å². The van der Waals surface area contributed by atoms with Crippen molar-refractivity contribution in [2.24, 2.45) is 7.05 Å². The minimum atomic E-state index is -0.372. The molecular formula is C21H20N4O3. The van der Waals surface area contributed by atoms with Crippen molar-refractivity contribution < 1.29 is 9.53 Å². The number of nitrogens with zero attached hydrogens (tertiary/aromatic N) is 2. The van der Waals surface area contributed by atoms with E-state index in [0.717, 1.165) is 22.2 Å². The number of H-pyrrole nitrogens is 1. The van der Waals surface area contributed by atoms with Crippen molar-refractivity contribution in [2.75, 3.05) is 13.7 Å². The maximum absolute atomic E-state index is 12.6. The monoisotopic (exact) mass is 376 g/mol. The van der Waals surface area contributed by atoms with Gasteiger partial charge in [-0.2, -0.15) is 0 Å². The van der Waals surface area contributed by atoms with E-state index in [-0.39, 0.29) is 17.3 Å². The van der Waals surface area contributed by atoms with Gasteiger partial charge in [0, 0.05) is 30.7 Å². The van der Waals surface area contributed by atoms with Gasteiger partial charge in [-0.1, -0.05) is 12.1 Å². The van der Waals surface area contributed by atoms with E-state index < -0.39 is 0 Å². The zero-order chi connectivity index (χ0) is 19.7. The summed E-state index contributed by atoms with van der Waals surface area (Å²) < 4.78 is 6.57. The van der Waals surface area contributed by atoms with Crippen LogP contribution in [0, 0.1) is 0 Å². The number of fused-ring (bicyclic) bond motifs is 2. The number of aromatic amines is 1. The van der Waals surface area contributed by atoms with E-state index in [1.807, 2.05) is 24.4 Å². The summed E-state index contributed by atoms with van der Waals surface area (Å²) in [7, 11) is 3.19. The zero-order valence-corrected chi connectivity index (χ0v) is 15.7. The third-order valence-electron chi connectivity index (χ3n) is 4.84. The van der Waals surface area contributed by atoms with Crippen LogP contribution in [0.4, 0.5) is 0 Å². The molecule has 1 amide bonds. The lowest BCUT2D eigenvalue weighted by Gasteiger charge is -2.09. The molecule has 7 nitrogen and oxygen atoms in total. The first kappa shape index (κ1) is 17.8. The molecule has 2 heterocycles. The number of rotatable bonds is 5. The Kier molecular flexibility index (Phi) is 4.57. The van der Waals surface area contributed by atoms with Gasteiger partial charge in [-0.05, 0) is 42.3 Å². The van der Waals surface area contributed by atoms with Crippen LogP contribution in [0.25, 0.3) is 21.8 Å². The molecule has 2 N–H and O–H groups in total. The molecule has 0 unspecified atom stereocenters.